The third-order valence-electron chi connectivity index (χ3n) is 4.38. The molecule has 2 aromatic rings. The summed E-state index contributed by atoms with van der Waals surface area (Å²) < 4.78 is 44.5. The fourth-order valence-electron chi connectivity index (χ4n) is 2.75. The highest BCUT2D eigenvalue weighted by atomic mass is 32.2. The summed E-state index contributed by atoms with van der Waals surface area (Å²) in [7, 11) is 0.764. The summed E-state index contributed by atoms with van der Waals surface area (Å²) in [5.74, 6) is 1.64. The lowest BCUT2D eigenvalue weighted by Gasteiger charge is -2.18. The molecule has 0 aliphatic heterocycles. The average molecular weight is 394 g/mol. The van der Waals surface area contributed by atoms with E-state index in [9.17, 15) is 8.42 Å². The van der Waals surface area contributed by atoms with Gasteiger partial charge in [-0.1, -0.05) is 26.0 Å². The van der Waals surface area contributed by atoms with E-state index in [4.69, 9.17) is 14.2 Å². The Hall–Kier alpha value is -2.25. The summed E-state index contributed by atoms with van der Waals surface area (Å²) in [4.78, 5) is 0.128. The van der Waals surface area contributed by atoms with Gasteiger partial charge in [-0.25, -0.2) is 13.1 Å². The Morgan fingerprint density at radius 2 is 1.33 bits per heavy atom. The molecular formula is C20H27NO5S. The van der Waals surface area contributed by atoms with Crippen LogP contribution in [0.15, 0.2) is 41.3 Å². The first kappa shape index (κ1) is 21.1. The second-order valence-electron chi connectivity index (χ2n) is 6.52. The Kier molecular flexibility index (Phi) is 6.73. The summed E-state index contributed by atoms with van der Waals surface area (Å²) in [6.07, 6.45) is 0. The quantitative estimate of drug-likeness (QED) is 0.737. The van der Waals surface area contributed by atoms with Gasteiger partial charge < -0.3 is 14.2 Å². The van der Waals surface area contributed by atoms with Crippen LogP contribution in [0.3, 0.4) is 0 Å². The van der Waals surface area contributed by atoms with Crippen molar-refractivity contribution in [2.45, 2.75) is 37.6 Å². The average Bonchev–Trinajstić information content (AvgIpc) is 2.66. The van der Waals surface area contributed by atoms with Crippen LogP contribution in [0.1, 0.15) is 43.9 Å². The Morgan fingerprint density at radius 3 is 1.89 bits per heavy atom. The number of methoxy groups -OCH3 is 3. The summed E-state index contributed by atoms with van der Waals surface area (Å²) >= 11 is 0. The zero-order chi connectivity index (χ0) is 20.2. The van der Waals surface area contributed by atoms with Crippen LogP contribution in [0.2, 0.25) is 0 Å². The summed E-state index contributed by atoms with van der Waals surface area (Å²) in [6, 6.07) is 10.1. The molecule has 0 radical (unpaired) electrons. The highest BCUT2D eigenvalue weighted by Crippen LogP contribution is 2.32. The van der Waals surface area contributed by atoms with Gasteiger partial charge in [0, 0.05) is 6.04 Å². The maximum absolute atomic E-state index is 13.0. The van der Waals surface area contributed by atoms with Crippen molar-refractivity contribution in [2.24, 2.45) is 0 Å². The number of sulfonamides is 1. The molecule has 1 N–H and O–H groups in total. The SMILES string of the molecule is COc1ccc([C@H](C)NS(=O)(=O)c2cc(C(C)C)ccc2OC)cc1OC. The Balaban J connectivity index is 2.37. The van der Waals surface area contributed by atoms with E-state index in [1.54, 1.807) is 51.5 Å². The number of hydrogen-bond donors (Lipinski definition) is 1. The predicted molar refractivity (Wildman–Crippen MR) is 105 cm³/mol. The lowest BCUT2D eigenvalue weighted by Crippen LogP contribution is -2.27. The van der Waals surface area contributed by atoms with Gasteiger partial charge in [-0.2, -0.15) is 0 Å². The standard InChI is InChI=1S/C20H27NO5S/c1-13(2)15-7-10-18(25-5)20(12-15)27(22,23)21-14(3)16-8-9-17(24-4)19(11-16)26-6/h7-14,21H,1-6H3/t14-/m0/s1. The van der Waals surface area contributed by atoms with Crippen molar-refractivity contribution in [2.75, 3.05) is 21.3 Å². The maximum Gasteiger partial charge on any atom is 0.244 e. The van der Waals surface area contributed by atoms with E-state index in [0.717, 1.165) is 11.1 Å². The number of rotatable bonds is 8. The minimum absolute atomic E-state index is 0.128. The first-order valence-electron chi connectivity index (χ1n) is 8.65. The van der Waals surface area contributed by atoms with Crippen LogP contribution in [-0.2, 0) is 10.0 Å². The van der Waals surface area contributed by atoms with E-state index in [1.165, 1.54) is 7.11 Å². The third kappa shape index (κ3) is 4.73. The second-order valence-corrected chi connectivity index (χ2v) is 8.20. The summed E-state index contributed by atoms with van der Waals surface area (Å²) in [5, 5.41) is 0. The Bertz CT molecular complexity index is 893. The zero-order valence-electron chi connectivity index (χ0n) is 16.6. The molecule has 2 aromatic carbocycles. The zero-order valence-corrected chi connectivity index (χ0v) is 17.4. The smallest absolute Gasteiger partial charge is 0.244 e. The third-order valence-corrected chi connectivity index (χ3v) is 5.95. The summed E-state index contributed by atoms with van der Waals surface area (Å²) in [5.41, 5.74) is 1.69. The fourth-order valence-corrected chi connectivity index (χ4v) is 4.18. The molecule has 0 spiro atoms. The van der Waals surface area contributed by atoms with Crippen LogP contribution >= 0.6 is 0 Å². The predicted octanol–water partition coefficient (Wildman–Crippen LogP) is 3.88. The maximum atomic E-state index is 13.0. The molecule has 0 fully saturated rings. The van der Waals surface area contributed by atoms with Gasteiger partial charge in [0.1, 0.15) is 10.6 Å². The molecule has 0 aromatic heterocycles. The van der Waals surface area contributed by atoms with Crippen LogP contribution in [-0.4, -0.2) is 29.7 Å². The molecule has 7 heteroatoms. The molecule has 0 amide bonds. The van der Waals surface area contributed by atoms with E-state index >= 15 is 0 Å². The minimum Gasteiger partial charge on any atom is -0.495 e. The van der Waals surface area contributed by atoms with Gasteiger partial charge in [-0.3, -0.25) is 0 Å². The van der Waals surface area contributed by atoms with Crippen molar-refractivity contribution in [1.29, 1.82) is 0 Å². The van der Waals surface area contributed by atoms with Crippen LogP contribution in [0, 0.1) is 0 Å². The van der Waals surface area contributed by atoms with Crippen molar-refractivity contribution in [3.05, 3.63) is 47.5 Å². The molecule has 0 saturated carbocycles. The largest absolute Gasteiger partial charge is 0.495 e. The number of nitrogens with one attached hydrogen (secondary N) is 1. The molecule has 0 bridgehead atoms. The van der Waals surface area contributed by atoms with Gasteiger partial charge in [-0.05, 0) is 48.2 Å². The van der Waals surface area contributed by atoms with Crippen molar-refractivity contribution in [3.63, 3.8) is 0 Å². The molecule has 0 unspecified atom stereocenters. The van der Waals surface area contributed by atoms with Gasteiger partial charge in [-0.15, -0.1) is 0 Å². The van der Waals surface area contributed by atoms with Gasteiger partial charge in [0.2, 0.25) is 10.0 Å². The monoisotopic (exact) mass is 393 g/mol. The van der Waals surface area contributed by atoms with Crippen LogP contribution < -0.4 is 18.9 Å². The van der Waals surface area contributed by atoms with Crippen molar-refractivity contribution in [1.82, 2.24) is 4.72 Å². The highest BCUT2D eigenvalue weighted by Gasteiger charge is 2.24. The fraction of sp³-hybridized carbons (Fsp3) is 0.400. The van der Waals surface area contributed by atoms with Crippen LogP contribution in [0.25, 0.3) is 0 Å². The molecular weight excluding hydrogens is 366 g/mol. The van der Waals surface area contributed by atoms with Crippen molar-refractivity contribution >= 4 is 10.0 Å². The van der Waals surface area contributed by atoms with E-state index in [0.29, 0.717) is 17.2 Å². The van der Waals surface area contributed by atoms with E-state index < -0.39 is 16.1 Å². The van der Waals surface area contributed by atoms with E-state index in [2.05, 4.69) is 4.72 Å². The number of benzene rings is 2. The summed E-state index contributed by atoms with van der Waals surface area (Å²) in [6.45, 7) is 5.80. The second kappa shape index (κ2) is 8.63. The molecule has 0 heterocycles. The van der Waals surface area contributed by atoms with Gasteiger partial charge in [0.15, 0.2) is 11.5 Å². The lowest BCUT2D eigenvalue weighted by molar-refractivity contribution is 0.354. The Labute approximate surface area is 161 Å². The molecule has 1 atom stereocenters. The molecule has 0 aliphatic rings. The molecule has 0 saturated heterocycles. The normalized spacial score (nSPS) is 12.7. The van der Waals surface area contributed by atoms with Crippen LogP contribution in [0.4, 0.5) is 0 Å². The molecule has 6 nitrogen and oxygen atoms in total. The van der Waals surface area contributed by atoms with Gasteiger partial charge >= 0.3 is 0 Å². The molecule has 27 heavy (non-hydrogen) atoms. The Morgan fingerprint density at radius 1 is 0.778 bits per heavy atom. The molecule has 2 rings (SSSR count). The lowest BCUT2D eigenvalue weighted by atomic mass is 10.0. The molecule has 148 valence electrons. The first-order valence-corrected chi connectivity index (χ1v) is 10.1. The van der Waals surface area contributed by atoms with Crippen molar-refractivity contribution < 1.29 is 22.6 Å². The number of ether oxygens (including phenoxy) is 3. The van der Waals surface area contributed by atoms with Crippen LogP contribution in [0.5, 0.6) is 17.2 Å². The minimum atomic E-state index is -3.79. The van der Waals surface area contributed by atoms with E-state index in [1.807, 2.05) is 19.9 Å². The van der Waals surface area contributed by atoms with Gasteiger partial charge in [0.05, 0.1) is 21.3 Å². The van der Waals surface area contributed by atoms with Gasteiger partial charge in [0.25, 0.3) is 0 Å². The highest BCUT2D eigenvalue weighted by molar-refractivity contribution is 7.89. The molecule has 0 aliphatic carbocycles. The topological polar surface area (TPSA) is 73.9 Å². The number of hydrogen-bond acceptors (Lipinski definition) is 5. The van der Waals surface area contributed by atoms with Crippen molar-refractivity contribution in [3.8, 4) is 17.2 Å². The first-order chi connectivity index (χ1) is 12.7. The van der Waals surface area contributed by atoms with E-state index in [-0.39, 0.29) is 10.8 Å².